The molecule has 1 saturated heterocycles. The van der Waals surface area contributed by atoms with Gasteiger partial charge >= 0.3 is 0 Å². The van der Waals surface area contributed by atoms with E-state index in [1.807, 2.05) is 6.07 Å². The van der Waals surface area contributed by atoms with Crippen molar-refractivity contribution in [3.05, 3.63) is 23.8 Å². The quantitative estimate of drug-likeness (QED) is 0.813. The molecule has 3 fully saturated rings. The first-order valence-electron chi connectivity index (χ1n) is 9.16. The molecule has 0 atom stereocenters. The van der Waals surface area contributed by atoms with Crippen molar-refractivity contribution in [2.45, 2.75) is 57.1 Å². The molecule has 4 rings (SSSR count). The summed E-state index contributed by atoms with van der Waals surface area (Å²) in [6.45, 7) is 5.22. The zero-order valence-electron chi connectivity index (χ0n) is 15.0. The van der Waals surface area contributed by atoms with Gasteiger partial charge in [0.1, 0.15) is 0 Å². The standard InChI is InChI=1S/C19H26N2O3S/c1-14(22)16-4-3-15(20-25(23,24)18(2)5-6-18)13-17(16)21-11-9-19(7-8-19)10-12-21/h3-4,13,20H,5-12H2,1-2H3. The molecule has 1 spiro atoms. The van der Waals surface area contributed by atoms with Gasteiger partial charge in [0.05, 0.1) is 10.4 Å². The van der Waals surface area contributed by atoms with E-state index in [0.29, 0.717) is 29.5 Å². The largest absolute Gasteiger partial charge is 0.371 e. The van der Waals surface area contributed by atoms with Crippen LogP contribution in [0.2, 0.25) is 0 Å². The summed E-state index contributed by atoms with van der Waals surface area (Å²) in [5.41, 5.74) is 2.66. The van der Waals surface area contributed by atoms with Gasteiger partial charge in [-0.25, -0.2) is 8.42 Å². The highest BCUT2D eigenvalue weighted by molar-refractivity contribution is 7.94. The van der Waals surface area contributed by atoms with E-state index in [0.717, 1.165) is 18.8 Å². The molecule has 1 heterocycles. The minimum atomic E-state index is -3.38. The van der Waals surface area contributed by atoms with Crippen molar-refractivity contribution in [1.29, 1.82) is 0 Å². The molecule has 1 aliphatic heterocycles. The second-order valence-corrected chi connectivity index (χ2v) is 10.5. The molecule has 0 radical (unpaired) electrons. The summed E-state index contributed by atoms with van der Waals surface area (Å²) in [5.74, 6) is 0.0188. The van der Waals surface area contributed by atoms with Crippen LogP contribution in [0, 0.1) is 5.41 Å². The van der Waals surface area contributed by atoms with E-state index in [1.54, 1.807) is 26.0 Å². The topological polar surface area (TPSA) is 66.5 Å². The number of hydrogen-bond donors (Lipinski definition) is 1. The molecular weight excluding hydrogens is 336 g/mol. The summed E-state index contributed by atoms with van der Waals surface area (Å²) in [5, 5.41) is 0. The number of sulfonamides is 1. The smallest absolute Gasteiger partial charge is 0.238 e. The molecule has 1 N–H and O–H groups in total. The fourth-order valence-electron chi connectivity index (χ4n) is 3.78. The first kappa shape index (κ1) is 16.9. The molecule has 0 amide bonds. The lowest BCUT2D eigenvalue weighted by Gasteiger charge is -2.35. The maximum absolute atomic E-state index is 12.5. The van der Waals surface area contributed by atoms with Gasteiger partial charge in [0.25, 0.3) is 0 Å². The van der Waals surface area contributed by atoms with Gasteiger partial charge < -0.3 is 4.90 Å². The number of nitrogens with one attached hydrogen (secondary N) is 1. The Morgan fingerprint density at radius 3 is 2.24 bits per heavy atom. The Balaban J connectivity index is 1.61. The predicted octanol–water partition coefficient (Wildman–Crippen LogP) is 3.56. The summed E-state index contributed by atoms with van der Waals surface area (Å²) in [7, 11) is -3.38. The molecule has 0 unspecified atom stereocenters. The predicted molar refractivity (Wildman–Crippen MR) is 99.7 cm³/mol. The number of Topliss-reactive ketones (excluding diaryl/α,β-unsaturated/α-hetero) is 1. The number of carbonyl (C=O) groups excluding carboxylic acids is 1. The number of benzene rings is 1. The van der Waals surface area contributed by atoms with E-state index in [9.17, 15) is 13.2 Å². The van der Waals surface area contributed by atoms with Gasteiger partial charge in [-0.2, -0.15) is 0 Å². The first-order valence-corrected chi connectivity index (χ1v) is 10.6. The summed E-state index contributed by atoms with van der Waals surface area (Å²) in [6.07, 6.45) is 6.40. The van der Waals surface area contributed by atoms with Gasteiger partial charge in [-0.1, -0.05) is 0 Å². The summed E-state index contributed by atoms with van der Waals surface area (Å²) in [4.78, 5) is 14.3. The molecule has 0 aromatic heterocycles. The van der Waals surface area contributed by atoms with Crippen LogP contribution in [0.3, 0.4) is 0 Å². The number of ketones is 1. The van der Waals surface area contributed by atoms with E-state index in [-0.39, 0.29) is 5.78 Å². The third-order valence-electron chi connectivity index (χ3n) is 6.35. The molecule has 1 aromatic rings. The Kier molecular flexibility index (Phi) is 3.69. The number of piperidine rings is 1. The van der Waals surface area contributed by atoms with Crippen molar-refractivity contribution in [1.82, 2.24) is 0 Å². The Bertz CT molecular complexity index is 813. The third kappa shape index (κ3) is 3.05. The molecule has 0 bridgehead atoms. The number of rotatable bonds is 5. The Hall–Kier alpha value is -1.56. The monoisotopic (exact) mass is 362 g/mol. The van der Waals surface area contributed by atoms with Crippen molar-refractivity contribution >= 4 is 27.2 Å². The minimum Gasteiger partial charge on any atom is -0.371 e. The van der Waals surface area contributed by atoms with Crippen LogP contribution in [0.25, 0.3) is 0 Å². The van der Waals surface area contributed by atoms with Gasteiger partial charge in [-0.05, 0) is 76.0 Å². The van der Waals surface area contributed by atoms with Crippen LogP contribution in [-0.2, 0) is 10.0 Å². The van der Waals surface area contributed by atoms with E-state index in [2.05, 4.69) is 9.62 Å². The summed E-state index contributed by atoms with van der Waals surface area (Å²) < 4.78 is 27.1. The molecular formula is C19H26N2O3S. The number of anilines is 2. The molecule has 25 heavy (non-hydrogen) atoms. The van der Waals surface area contributed by atoms with E-state index < -0.39 is 14.8 Å². The second-order valence-electron chi connectivity index (χ2n) is 8.33. The molecule has 1 aromatic carbocycles. The summed E-state index contributed by atoms with van der Waals surface area (Å²) in [6, 6.07) is 5.30. The lowest BCUT2D eigenvalue weighted by molar-refractivity contribution is 0.101. The van der Waals surface area contributed by atoms with Crippen LogP contribution in [-0.4, -0.2) is 32.0 Å². The maximum Gasteiger partial charge on any atom is 0.238 e. The zero-order chi connectivity index (χ0) is 17.9. The van der Waals surface area contributed by atoms with Crippen LogP contribution in [0.4, 0.5) is 11.4 Å². The second kappa shape index (κ2) is 5.47. The highest BCUT2D eigenvalue weighted by atomic mass is 32.2. The van der Waals surface area contributed by atoms with Crippen molar-refractivity contribution in [2.24, 2.45) is 5.41 Å². The van der Waals surface area contributed by atoms with E-state index >= 15 is 0 Å². The average molecular weight is 362 g/mol. The van der Waals surface area contributed by atoms with Gasteiger partial charge in [-0.3, -0.25) is 9.52 Å². The van der Waals surface area contributed by atoms with Gasteiger partial charge in [0, 0.05) is 24.3 Å². The van der Waals surface area contributed by atoms with Crippen LogP contribution < -0.4 is 9.62 Å². The SMILES string of the molecule is CC(=O)c1ccc(NS(=O)(=O)C2(C)CC2)cc1N1CCC2(CC1)CC2. The Morgan fingerprint density at radius 2 is 1.72 bits per heavy atom. The van der Waals surface area contributed by atoms with Crippen LogP contribution in [0.5, 0.6) is 0 Å². The molecule has 136 valence electrons. The van der Waals surface area contributed by atoms with Crippen LogP contribution in [0.1, 0.15) is 62.7 Å². The lowest BCUT2D eigenvalue weighted by Crippen LogP contribution is -2.35. The van der Waals surface area contributed by atoms with Crippen molar-refractivity contribution in [3.8, 4) is 0 Å². The van der Waals surface area contributed by atoms with Gasteiger partial charge in [0.15, 0.2) is 5.78 Å². The highest BCUT2D eigenvalue weighted by Crippen LogP contribution is 2.54. The Labute approximate surface area is 149 Å². The zero-order valence-corrected chi connectivity index (χ0v) is 15.8. The molecule has 2 saturated carbocycles. The lowest BCUT2D eigenvalue weighted by atomic mass is 9.92. The highest BCUT2D eigenvalue weighted by Gasteiger charge is 2.50. The number of nitrogens with zero attached hydrogens (tertiary/aromatic N) is 1. The molecule has 3 aliphatic rings. The van der Waals surface area contributed by atoms with Crippen molar-refractivity contribution in [2.75, 3.05) is 22.7 Å². The fraction of sp³-hybridized carbons (Fsp3) is 0.632. The van der Waals surface area contributed by atoms with Crippen molar-refractivity contribution in [3.63, 3.8) is 0 Å². The number of carbonyl (C=O) groups is 1. The normalized spacial score (nSPS) is 23.4. The molecule has 6 heteroatoms. The average Bonchev–Trinajstić information content (AvgIpc) is 3.47. The van der Waals surface area contributed by atoms with Crippen molar-refractivity contribution < 1.29 is 13.2 Å². The fourth-order valence-corrected chi connectivity index (χ4v) is 5.10. The maximum atomic E-state index is 12.5. The molecule has 2 aliphatic carbocycles. The van der Waals surface area contributed by atoms with Gasteiger partial charge in [0.2, 0.25) is 10.0 Å². The molecule has 5 nitrogen and oxygen atoms in total. The number of hydrogen-bond acceptors (Lipinski definition) is 4. The third-order valence-corrected chi connectivity index (χ3v) is 8.56. The minimum absolute atomic E-state index is 0.0188. The van der Waals surface area contributed by atoms with Crippen LogP contribution in [0.15, 0.2) is 18.2 Å². The Morgan fingerprint density at radius 1 is 1.08 bits per heavy atom. The van der Waals surface area contributed by atoms with Crippen LogP contribution >= 0.6 is 0 Å². The van der Waals surface area contributed by atoms with Gasteiger partial charge in [-0.15, -0.1) is 0 Å². The summed E-state index contributed by atoms with van der Waals surface area (Å²) >= 11 is 0. The van der Waals surface area contributed by atoms with E-state index in [4.69, 9.17) is 0 Å². The first-order chi connectivity index (χ1) is 11.7. The van der Waals surface area contributed by atoms with E-state index in [1.165, 1.54) is 25.7 Å².